The van der Waals surface area contributed by atoms with E-state index in [1.54, 1.807) is 6.07 Å². The minimum absolute atomic E-state index is 0.0794. The van der Waals surface area contributed by atoms with Crippen LogP contribution >= 0.6 is 0 Å². The van der Waals surface area contributed by atoms with Crippen molar-refractivity contribution in [2.24, 2.45) is 5.73 Å². The molecule has 2 aromatic carbocycles. The maximum absolute atomic E-state index is 13.6. The number of halogens is 2. The summed E-state index contributed by atoms with van der Waals surface area (Å²) in [6, 6.07) is 9.26. The molecule has 0 aromatic heterocycles. The van der Waals surface area contributed by atoms with Crippen LogP contribution in [0, 0.1) is 11.6 Å². The number of sulfonamides is 1. The van der Waals surface area contributed by atoms with Gasteiger partial charge < -0.3 is 5.73 Å². The molecule has 0 aliphatic rings. The van der Waals surface area contributed by atoms with Gasteiger partial charge in [-0.1, -0.05) is 18.2 Å². The largest absolute Gasteiger partial charge is 0.326 e. The fourth-order valence-corrected chi connectivity index (χ4v) is 3.17. The summed E-state index contributed by atoms with van der Waals surface area (Å²) >= 11 is 0. The van der Waals surface area contributed by atoms with Crippen LogP contribution < -0.4 is 10.5 Å². The summed E-state index contributed by atoms with van der Waals surface area (Å²) in [5.41, 5.74) is 5.78. The van der Waals surface area contributed by atoms with Gasteiger partial charge in [-0.3, -0.25) is 0 Å². The third-order valence-corrected chi connectivity index (χ3v) is 4.41. The highest BCUT2D eigenvalue weighted by Crippen LogP contribution is 2.18. The molecule has 0 amide bonds. The van der Waals surface area contributed by atoms with E-state index in [1.807, 2.05) is 0 Å². The van der Waals surface area contributed by atoms with Gasteiger partial charge in [0.15, 0.2) is 0 Å². The van der Waals surface area contributed by atoms with E-state index in [1.165, 1.54) is 30.3 Å². The monoisotopic (exact) mass is 312 g/mol. The molecule has 0 aliphatic heterocycles. The van der Waals surface area contributed by atoms with E-state index < -0.39 is 21.7 Å². The van der Waals surface area contributed by atoms with E-state index in [0.29, 0.717) is 5.56 Å². The topological polar surface area (TPSA) is 72.2 Å². The highest BCUT2D eigenvalue weighted by molar-refractivity contribution is 7.89. The van der Waals surface area contributed by atoms with Gasteiger partial charge in [-0.15, -0.1) is 0 Å². The van der Waals surface area contributed by atoms with Gasteiger partial charge in [0.2, 0.25) is 10.0 Å². The van der Waals surface area contributed by atoms with Crippen molar-refractivity contribution in [3.63, 3.8) is 0 Å². The lowest BCUT2D eigenvalue weighted by Gasteiger charge is -2.11. The lowest BCUT2D eigenvalue weighted by molar-refractivity contribution is 0.570. The third-order valence-electron chi connectivity index (χ3n) is 2.92. The molecule has 0 atom stereocenters. The summed E-state index contributed by atoms with van der Waals surface area (Å²) in [6.07, 6.45) is 0. The molecule has 2 aromatic rings. The average Bonchev–Trinajstić information content (AvgIpc) is 2.45. The van der Waals surface area contributed by atoms with Crippen molar-refractivity contribution >= 4 is 10.0 Å². The van der Waals surface area contributed by atoms with Crippen LogP contribution in [0.25, 0.3) is 0 Å². The molecule has 0 heterocycles. The van der Waals surface area contributed by atoms with E-state index in [4.69, 9.17) is 5.73 Å². The maximum Gasteiger partial charge on any atom is 0.241 e. The summed E-state index contributed by atoms with van der Waals surface area (Å²) < 4.78 is 53.3. The Morgan fingerprint density at radius 2 is 1.81 bits per heavy atom. The zero-order valence-electron chi connectivity index (χ0n) is 11.0. The summed E-state index contributed by atoms with van der Waals surface area (Å²) in [6.45, 7) is -0.330. The fourth-order valence-electron chi connectivity index (χ4n) is 1.89. The smallest absolute Gasteiger partial charge is 0.241 e. The van der Waals surface area contributed by atoms with Crippen LogP contribution in [0.1, 0.15) is 11.1 Å². The summed E-state index contributed by atoms with van der Waals surface area (Å²) in [7, 11) is -3.93. The number of hydrogen-bond donors (Lipinski definition) is 2. The average molecular weight is 312 g/mol. The van der Waals surface area contributed by atoms with Crippen LogP contribution in [0.2, 0.25) is 0 Å². The van der Waals surface area contributed by atoms with Gasteiger partial charge in [-0.05, 0) is 29.8 Å². The van der Waals surface area contributed by atoms with Crippen molar-refractivity contribution < 1.29 is 17.2 Å². The fraction of sp³-hybridized carbons (Fsp3) is 0.143. The SMILES string of the molecule is NCc1c(F)cccc1S(=O)(=O)NCc1cccc(F)c1. The van der Waals surface area contributed by atoms with Crippen LogP contribution in [0.15, 0.2) is 47.4 Å². The van der Waals surface area contributed by atoms with E-state index in [9.17, 15) is 17.2 Å². The van der Waals surface area contributed by atoms with E-state index in [2.05, 4.69) is 4.72 Å². The number of benzene rings is 2. The summed E-state index contributed by atoms with van der Waals surface area (Å²) in [5, 5.41) is 0. The molecule has 2 rings (SSSR count). The van der Waals surface area contributed by atoms with Gasteiger partial charge in [-0.2, -0.15) is 0 Å². The molecule has 7 heteroatoms. The van der Waals surface area contributed by atoms with E-state index in [-0.39, 0.29) is 23.5 Å². The molecule has 0 fully saturated rings. The van der Waals surface area contributed by atoms with Crippen molar-refractivity contribution in [1.29, 1.82) is 0 Å². The molecule has 112 valence electrons. The minimum Gasteiger partial charge on any atom is -0.326 e. The summed E-state index contributed by atoms with van der Waals surface area (Å²) in [5.74, 6) is -1.13. The van der Waals surface area contributed by atoms with Gasteiger partial charge in [0, 0.05) is 18.7 Å². The molecular weight excluding hydrogens is 298 g/mol. The Bertz CT molecular complexity index is 748. The number of hydrogen-bond acceptors (Lipinski definition) is 3. The Morgan fingerprint density at radius 3 is 2.48 bits per heavy atom. The third kappa shape index (κ3) is 3.63. The van der Waals surface area contributed by atoms with Crippen LogP contribution in [-0.4, -0.2) is 8.42 Å². The summed E-state index contributed by atoms with van der Waals surface area (Å²) in [4.78, 5) is -0.207. The van der Waals surface area contributed by atoms with Crippen molar-refractivity contribution in [2.45, 2.75) is 18.0 Å². The molecule has 0 bridgehead atoms. The second-order valence-electron chi connectivity index (χ2n) is 4.38. The standard InChI is InChI=1S/C14H14F2N2O2S/c15-11-4-1-3-10(7-11)9-18-21(19,20)14-6-2-5-13(16)12(14)8-17/h1-7,18H,8-9,17H2. The molecule has 0 saturated heterocycles. The lowest BCUT2D eigenvalue weighted by atomic mass is 10.2. The molecule has 0 aliphatic carbocycles. The number of nitrogens with two attached hydrogens (primary N) is 1. The minimum atomic E-state index is -3.93. The lowest BCUT2D eigenvalue weighted by Crippen LogP contribution is -2.25. The zero-order chi connectivity index (χ0) is 15.5. The first kappa shape index (κ1) is 15.6. The Morgan fingerprint density at radius 1 is 1.10 bits per heavy atom. The van der Waals surface area contributed by atoms with Gasteiger partial charge in [0.05, 0.1) is 4.90 Å². The first-order chi connectivity index (χ1) is 9.94. The maximum atomic E-state index is 13.6. The van der Waals surface area contributed by atoms with Crippen LogP contribution in [0.4, 0.5) is 8.78 Å². The first-order valence-electron chi connectivity index (χ1n) is 6.15. The van der Waals surface area contributed by atoms with Crippen molar-refractivity contribution in [3.05, 3.63) is 65.2 Å². The Balaban J connectivity index is 2.25. The number of rotatable bonds is 5. The molecule has 0 unspecified atom stereocenters. The zero-order valence-corrected chi connectivity index (χ0v) is 11.8. The molecule has 0 spiro atoms. The van der Waals surface area contributed by atoms with Crippen LogP contribution in [0.3, 0.4) is 0 Å². The molecule has 4 nitrogen and oxygen atoms in total. The normalized spacial score (nSPS) is 11.6. The van der Waals surface area contributed by atoms with Crippen LogP contribution in [-0.2, 0) is 23.1 Å². The van der Waals surface area contributed by atoms with Gasteiger partial charge >= 0.3 is 0 Å². The highest BCUT2D eigenvalue weighted by Gasteiger charge is 2.19. The van der Waals surface area contributed by atoms with Crippen molar-refractivity contribution in [1.82, 2.24) is 4.72 Å². The van der Waals surface area contributed by atoms with Gasteiger partial charge in [0.25, 0.3) is 0 Å². The number of nitrogens with one attached hydrogen (secondary N) is 1. The quantitative estimate of drug-likeness (QED) is 0.886. The van der Waals surface area contributed by atoms with Crippen molar-refractivity contribution in [2.75, 3.05) is 0 Å². The van der Waals surface area contributed by atoms with E-state index >= 15 is 0 Å². The Kier molecular flexibility index (Phi) is 4.66. The molecule has 0 radical (unpaired) electrons. The molecular formula is C14H14F2N2O2S. The van der Waals surface area contributed by atoms with Crippen LogP contribution in [0.5, 0.6) is 0 Å². The van der Waals surface area contributed by atoms with Crippen molar-refractivity contribution in [3.8, 4) is 0 Å². The predicted octanol–water partition coefficient (Wildman–Crippen LogP) is 1.90. The highest BCUT2D eigenvalue weighted by atomic mass is 32.2. The second kappa shape index (κ2) is 6.30. The predicted molar refractivity (Wildman–Crippen MR) is 74.7 cm³/mol. The van der Waals surface area contributed by atoms with Gasteiger partial charge in [0.1, 0.15) is 11.6 Å². The molecule has 3 N–H and O–H groups in total. The molecule has 21 heavy (non-hydrogen) atoms. The van der Waals surface area contributed by atoms with Gasteiger partial charge in [-0.25, -0.2) is 21.9 Å². The Labute approximate surface area is 121 Å². The van der Waals surface area contributed by atoms with E-state index in [0.717, 1.165) is 6.07 Å². The second-order valence-corrected chi connectivity index (χ2v) is 6.11. The molecule has 0 saturated carbocycles. The Hall–Kier alpha value is -1.83. The first-order valence-corrected chi connectivity index (χ1v) is 7.64.